The van der Waals surface area contributed by atoms with E-state index in [4.69, 9.17) is 0 Å². The van der Waals surface area contributed by atoms with Gasteiger partial charge in [0.15, 0.2) is 0 Å². The molecule has 1 aliphatic heterocycles. The average molecular weight is 433 g/mol. The van der Waals surface area contributed by atoms with Gasteiger partial charge in [-0.25, -0.2) is 8.78 Å². The fourth-order valence-electron chi connectivity index (χ4n) is 3.57. The van der Waals surface area contributed by atoms with Gasteiger partial charge in [-0.2, -0.15) is 0 Å². The van der Waals surface area contributed by atoms with Gasteiger partial charge in [0.1, 0.15) is 23.4 Å². The molecule has 4 rings (SSSR count). The van der Waals surface area contributed by atoms with Crippen molar-refractivity contribution in [2.75, 3.05) is 0 Å². The van der Waals surface area contributed by atoms with Gasteiger partial charge in [0.05, 0.1) is 17.4 Å². The maximum absolute atomic E-state index is 14.0. The van der Waals surface area contributed by atoms with Gasteiger partial charge in [0, 0.05) is 6.42 Å². The second-order valence-corrected chi connectivity index (χ2v) is 7.08. The second kappa shape index (κ2) is 8.11. The molecule has 0 aromatic heterocycles. The molecule has 1 aliphatic rings. The molecule has 0 amide bonds. The predicted octanol–water partition coefficient (Wildman–Crippen LogP) is 5.83. The molecule has 0 fully saturated rings. The predicted molar refractivity (Wildman–Crippen MR) is 105 cm³/mol. The zero-order valence-electron chi connectivity index (χ0n) is 15.9. The van der Waals surface area contributed by atoms with Gasteiger partial charge in [-0.1, -0.05) is 42.5 Å². The van der Waals surface area contributed by atoms with Crippen LogP contribution in [-0.4, -0.2) is 23.3 Å². The van der Waals surface area contributed by atoms with Crippen molar-refractivity contribution in [3.8, 4) is 16.9 Å². The lowest BCUT2D eigenvalue weighted by atomic mass is 9.97. The van der Waals surface area contributed by atoms with E-state index in [1.54, 1.807) is 24.3 Å². The number of rotatable bonds is 4. The van der Waals surface area contributed by atoms with Crippen LogP contribution in [-0.2, 0) is 0 Å². The summed E-state index contributed by atoms with van der Waals surface area (Å²) < 4.78 is 68.8. The van der Waals surface area contributed by atoms with E-state index < -0.39 is 30.1 Å². The number of benzene rings is 3. The van der Waals surface area contributed by atoms with E-state index in [1.165, 1.54) is 30.3 Å². The van der Waals surface area contributed by atoms with Crippen molar-refractivity contribution in [1.29, 1.82) is 0 Å². The minimum absolute atomic E-state index is 0.0188. The number of halogens is 5. The topological polar surface area (TPSA) is 41.8 Å². The molecule has 3 aromatic carbocycles. The van der Waals surface area contributed by atoms with Crippen LogP contribution in [0.4, 0.5) is 22.0 Å². The molecule has 2 atom stereocenters. The number of alkyl halides is 3. The molecule has 0 aliphatic carbocycles. The molecule has 31 heavy (non-hydrogen) atoms. The first-order valence-corrected chi connectivity index (χ1v) is 9.36. The van der Waals surface area contributed by atoms with Gasteiger partial charge in [-0.3, -0.25) is 4.99 Å². The first-order valence-electron chi connectivity index (χ1n) is 9.36. The van der Waals surface area contributed by atoms with Crippen LogP contribution in [0.5, 0.6) is 5.75 Å². The number of hydrogen-bond donors (Lipinski definition) is 1. The third-order valence-electron chi connectivity index (χ3n) is 4.99. The zero-order chi connectivity index (χ0) is 22.2. The van der Waals surface area contributed by atoms with Crippen LogP contribution in [0.2, 0.25) is 0 Å². The van der Waals surface area contributed by atoms with Gasteiger partial charge < -0.3 is 9.84 Å². The van der Waals surface area contributed by atoms with E-state index in [-0.39, 0.29) is 23.4 Å². The smallest absolute Gasteiger partial charge is 0.406 e. The summed E-state index contributed by atoms with van der Waals surface area (Å²) in [5.74, 6) is -1.79. The highest BCUT2D eigenvalue weighted by molar-refractivity contribution is 6.02. The number of hydrogen-bond acceptors (Lipinski definition) is 3. The lowest BCUT2D eigenvalue weighted by molar-refractivity contribution is -0.274. The summed E-state index contributed by atoms with van der Waals surface area (Å²) in [5.41, 5.74) is 1.99. The van der Waals surface area contributed by atoms with E-state index in [2.05, 4.69) is 9.73 Å². The Bertz CT molecular complexity index is 1090. The van der Waals surface area contributed by atoms with Crippen molar-refractivity contribution < 1.29 is 31.8 Å². The Morgan fingerprint density at radius 2 is 1.39 bits per heavy atom. The molecule has 0 spiro atoms. The summed E-state index contributed by atoms with van der Waals surface area (Å²) in [6.45, 7) is 0. The van der Waals surface area contributed by atoms with Gasteiger partial charge in [0.2, 0.25) is 0 Å². The number of ether oxygens (including phenoxy) is 1. The van der Waals surface area contributed by atoms with E-state index >= 15 is 0 Å². The van der Waals surface area contributed by atoms with Crippen molar-refractivity contribution in [3.05, 3.63) is 89.5 Å². The standard InChI is InChI=1S/C23H16F5NO2/c24-17-2-1-3-18(25)21(17)19-12-20(30)22(29-19)15-6-4-13(5-7-15)14-8-10-16(11-9-14)31-23(26,27)28/h1-11,20,22,30H,12H2. The Morgan fingerprint density at radius 3 is 1.94 bits per heavy atom. The lowest BCUT2D eigenvalue weighted by Gasteiger charge is -2.13. The number of aliphatic hydroxyl groups excluding tert-OH is 1. The third-order valence-corrected chi connectivity index (χ3v) is 4.99. The molecule has 0 saturated heterocycles. The number of aliphatic hydroxyl groups is 1. The Kier molecular flexibility index (Phi) is 5.49. The van der Waals surface area contributed by atoms with Crippen LogP contribution in [0, 0.1) is 11.6 Å². The summed E-state index contributed by atoms with van der Waals surface area (Å²) in [6, 6.07) is 15.2. The summed E-state index contributed by atoms with van der Waals surface area (Å²) in [4.78, 5) is 4.34. The molecule has 160 valence electrons. The second-order valence-electron chi connectivity index (χ2n) is 7.08. The minimum Gasteiger partial charge on any atom is -0.406 e. The van der Waals surface area contributed by atoms with Crippen LogP contribution in [0.25, 0.3) is 11.1 Å². The Balaban J connectivity index is 1.55. The molecule has 0 saturated carbocycles. The zero-order valence-corrected chi connectivity index (χ0v) is 15.9. The molecule has 1 N–H and O–H groups in total. The highest BCUT2D eigenvalue weighted by Gasteiger charge is 2.32. The summed E-state index contributed by atoms with van der Waals surface area (Å²) in [6.07, 6.45) is -5.67. The molecular weight excluding hydrogens is 417 g/mol. The maximum atomic E-state index is 14.0. The van der Waals surface area contributed by atoms with Crippen molar-refractivity contribution in [2.24, 2.45) is 4.99 Å². The Morgan fingerprint density at radius 1 is 0.839 bits per heavy atom. The molecule has 3 nitrogen and oxygen atoms in total. The highest BCUT2D eigenvalue weighted by Crippen LogP contribution is 2.34. The summed E-state index contributed by atoms with van der Waals surface area (Å²) in [7, 11) is 0. The van der Waals surface area contributed by atoms with Crippen molar-refractivity contribution >= 4 is 5.71 Å². The SMILES string of the molecule is OC1CC(c2c(F)cccc2F)=NC1c1ccc(-c2ccc(OC(F)(F)F)cc2)cc1. The largest absolute Gasteiger partial charge is 0.573 e. The van der Waals surface area contributed by atoms with Gasteiger partial charge in [-0.15, -0.1) is 13.2 Å². The van der Waals surface area contributed by atoms with E-state index in [0.29, 0.717) is 11.1 Å². The molecule has 3 aromatic rings. The van der Waals surface area contributed by atoms with Crippen molar-refractivity contribution in [2.45, 2.75) is 24.9 Å². The van der Waals surface area contributed by atoms with Crippen LogP contribution in [0.15, 0.2) is 71.7 Å². The van der Waals surface area contributed by atoms with Gasteiger partial charge in [-0.05, 0) is 41.0 Å². The molecule has 2 unspecified atom stereocenters. The van der Waals surface area contributed by atoms with Crippen molar-refractivity contribution in [3.63, 3.8) is 0 Å². The van der Waals surface area contributed by atoms with Gasteiger partial charge in [0.25, 0.3) is 0 Å². The number of aliphatic imine (C=N–C) groups is 1. The average Bonchev–Trinajstić information content (AvgIpc) is 3.08. The maximum Gasteiger partial charge on any atom is 0.573 e. The highest BCUT2D eigenvalue weighted by atomic mass is 19.4. The first-order chi connectivity index (χ1) is 14.7. The fraction of sp³-hybridized carbons (Fsp3) is 0.174. The third kappa shape index (κ3) is 4.59. The van der Waals surface area contributed by atoms with Crippen molar-refractivity contribution in [1.82, 2.24) is 0 Å². The molecular formula is C23H16F5NO2. The van der Waals surface area contributed by atoms with E-state index in [0.717, 1.165) is 17.7 Å². The Labute approximate surface area is 174 Å². The lowest BCUT2D eigenvalue weighted by Crippen LogP contribution is -2.16. The van der Waals surface area contributed by atoms with E-state index in [1.807, 2.05) is 0 Å². The normalized spacial score (nSPS) is 18.7. The Hall–Kier alpha value is -3.26. The number of nitrogens with zero attached hydrogens (tertiary/aromatic N) is 1. The van der Waals surface area contributed by atoms with Crippen LogP contribution >= 0.6 is 0 Å². The van der Waals surface area contributed by atoms with Crippen LogP contribution in [0.3, 0.4) is 0 Å². The van der Waals surface area contributed by atoms with E-state index in [9.17, 15) is 27.1 Å². The summed E-state index contributed by atoms with van der Waals surface area (Å²) >= 11 is 0. The van der Waals surface area contributed by atoms with Crippen LogP contribution < -0.4 is 4.74 Å². The molecule has 0 radical (unpaired) electrons. The van der Waals surface area contributed by atoms with Gasteiger partial charge >= 0.3 is 6.36 Å². The molecule has 1 heterocycles. The fourth-order valence-corrected chi connectivity index (χ4v) is 3.57. The monoisotopic (exact) mass is 433 g/mol. The molecule has 0 bridgehead atoms. The minimum atomic E-state index is -4.75. The molecule has 8 heteroatoms. The van der Waals surface area contributed by atoms with Crippen LogP contribution in [0.1, 0.15) is 23.6 Å². The summed E-state index contributed by atoms with van der Waals surface area (Å²) in [5, 5.41) is 10.4. The quantitative estimate of drug-likeness (QED) is 0.527. The first kappa shape index (κ1) is 21.0.